The topological polar surface area (TPSA) is 121 Å². The van der Waals surface area contributed by atoms with Gasteiger partial charge in [0, 0.05) is 0 Å². The summed E-state index contributed by atoms with van der Waals surface area (Å²) < 4.78 is 31.7. The van der Waals surface area contributed by atoms with Gasteiger partial charge in [0.05, 0.1) is 28.3 Å². The number of nitrogens with one attached hydrogen (secondary N) is 3. The summed E-state index contributed by atoms with van der Waals surface area (Å²) in [6, 6.07) is 3.81. The van der Waals surface area contributed by atoms with Gasteiger partial charge in [-0.1, -0.05) is 11.6 Å². The normalized spacial score (nSPS) is 19.8. The molecule has 1 aromatic carbocycles. The fraction of sp³-hybridized carbons (Fsp3) is 0.450. The van der Waals surface area contributed by atoms with Crippen molar-refractivity contribution < 1.29 is 22.7 Å². The van der Waals surface area contributed by atoms with Gasteiger partial charge in [-0.25, -0.2) is 13.2 Å². The number of sulfone groups is 1. The first kappa shape index (κ1) is 21.0. The van der Waals surface area contributed by atoms with E-state index < -0.39 is 26.9 Å². The lowest BCUT2D eigenvalue weighted by atomic mass is 9.94. The van der Waals surface area contributed by atoms with Crippen LogP contribution in [0.5, 0.6) is 5.75 Å². The van der Waals surface area contributed by atoms with Gasteiger partial charge in [-0.15, -0.1) is 0 Å². The van der Waals surface area contributed by atoms with Gasteiger partial charge in [-0.3, -0.25) is 0 Å². The minimum Gasteiger partial charge on any atom is -0.504 e. The minimum absolute atomic E-state index is 0.0140. The Morgan fingerprint density at radius 2 is 1.97 bits per heavy atom. The monoisotopic (exact) mass is 453 g/mol. The molecule has 1 aliphatic heterocycles. The molecule has 1 atom stereocenters. The number of carbonyl (C=O) groups excluding carboxylic acids is 1. The van der Waals surface area contributed by atoms with Crippen molar-refractivity contribution in [3.05, 3.63) is 40.8 Å². The molecule has 10 heteroatoms. The predicted molar refractivity (Wildman–Crippen MR) is 113 cm³/mol. The van der Waals surface area contributed by atoms with Crippen molar-refractivity contribution in [3.63, 3.8) is 0 Å². The van der Waals surface area contributed by atoms with Crippen LogP contribution in [-0.4, -0.2) is 37.9 Å². The molecular weight excluding hydrogens is 430 g/mol. The number of amides is 2. The summed E-state index contributed by atoms with van der Waals surface area (Å²) in [7, 11) is -3.85. The summed E-state index contributed by atoms with van der Waals surface area (Å²) in [6.07, 6.45) is 5.03. The predicted octanol–water partition coefficient (Wildman–Crippen LogP) is 3.36. The second kappa shape index (κ2) is 8.49. The number of phenols is 1. The SMILES string of the molecule is O=C(Nc1ccc(Cl)c(S(=O)(=O)C2CCNCC2)c1O)N[C@H]1CCCc2ccoc21. The quantitative estimate of drug-likeness (QED) is 0.527. The number of anilines is 1. The van der Waals surface area contributed by atoms with Crippen LogP contribution in [0.25, 0.3) is 0 Å². The number of piperidine rings is 1. The maximum absolute atomic E-state index is 13.1. The van der Waals surface area contributed by atoms with E-state index in [0.717, 1.165) is 30.6 Å². The highest BCUT2D eigenvalue weighted by molar-refractivity contribution is 7.92. The van der Waals surface area contributed by atoms with Crippen molar-refractivity contribution in [3.8, 4) is 5.75 Å². The fourth-order valence-corrected chi connectivity index (χ4v) is 6.52. The molecule has 2 aromatic rings. The van der Waals surface area contributed by atoms with Gasteiger partial charge in [0.1, 0.15) is 10.7 Å². The van der Waals surface area contributed by atoms with Crippen molar-refractivity contribution in [2.45, 2.75) is 48.3 Å². The average Bonchev–Trinajstić information content (AvgIpc) is 3.21. The van der Waals surface area contributed by atoms with Crippen LogP contribution in [0.3, 0.4) is 0 Å². The second-order valence-electron chi connectivity index (χ2n) is 7.62. The Balaban J connectivity index is 1.54. The molecule has 0 bridgehead atoms. The van der Waals surface area contributed by atoms with Gasteiger partial charge in [-0.05, 0) is 69.0 Å². The number of hydrogen-bond donors (Lipinski definition) is 4. The first-order valence-corrected chi connectivity index (χ1v) is 11.9. The smallest absolute Gasteiger partial charge is 0.319 e. The van der Waals surface area contributed by atoms with Crippen LogP contribution < -0.4 is 16.0 Å². The van der Waals surface area contributed by atoms with E-state index >= 15 is 0 Å². The molecule has 30 heavy (non-hydrogen) atoms. The van der Waals surface area contributed by atoms with Crippen LogP contribution in [0.15, 0.2) is 33.8 Å². The maximum atomic E-state index is 13.1. The van der Waals surface area contributed by atoms with E-state index in [1.807, 2.05) is 6.07 Å². The van der Waals surface area contributed by atoms with Crippen LogP contribution in [0.2, 0.25) is 5.02 Å². The minimum atomic E-state index is -3.85. The van der Waals surface area contributed by atoms with E-state index in [1.165, 1.54) is 12.1 Å². The highest BCUT2D eigenvalue weighted by Crippen LogP contribution is 2.40. The molecule has 4 N–H and O–H groups in total. The summed E-state index contributed by atoms with van der Waals surface area (Å²) in [5.74, 6) is 0.185. The number of carbonyl (C=O) groups is 1. The molecule has 162 valence electrons. The third-order valence-corrected chi connectivity index (χ3v) is 8.44. The number of hydrogen-bond acceptors (Lipinski definition) is 6. The van der Waals surface area contributed by atoms with E-state index in [0.29, 0.717) is 25.9 Å². The number of aromatic hydroxyl groups is 1. The zero-order valence-corrected chi connectivity index (χ0v) is 17.9. The Labute approximate surface area is 179 Å². The molecule has 1 saturated heterocycles. The van der Waals surface area contributed by atoms with Gasteiger partial charge >= 0.3 is 6.03 Å². The zero-order valence-electron chi connectivity index (χ0n) is 16.3. The summed E-state index contributed by atoms with van der Waals surface area (Å²) >= 11 is 6.15. The van der Waals surface area contributed by atoms with E-state index in [-0.39, 0.29) is 21.6 Å². The Kier molecular flexibility index (Phi) is 5.95. The molecule has 0 saturated carbocycles. The molecule has 1 aliphatic carbocycles. The van der Waals surface area contributed by atoms with E-state index in [1.54, 1.807) is 6.26 Å². The highest BCUT2D eigenvalue weighted by atomic mass is 35.5. The van der Waals surface area contributed by atoms with Crippen molar-refractivity contribution >= 4 is 33.2 Å². The standard InChI is InChI=1S/C20H24ClN3O5S/c21-14-4-5-15(17(25)19(14)30(27,28)13-6-9-22-10-7-13)23-20(26)24-16-3-1-2-12-8-11-29-18(12)16/h4-5,8,11,13,16,22,25H,1-3,6-7,9-10H2,(H2,23,24,26)/t16-/m0/s1. The van der Waals surface area contributed by atoms with Crippen molar-refractivity contribution in [1.82, 2.24) is 10.6 Å². The number of halogens is 1. The Morgan fingerprint density at radius 1 is 1.20 bits per heavy atom. The molecule has 2 heterocycles. The second-order valence-corrected chi connectivity index (χ2v) is 10.2. The summed E-state index contributed by atoms with van der Waals surface area (Å²) in [5, 5.41) is 18.5. The van der Waals surface area contributed by atoms with Crippen molar-refractivity contribution in [2.24, 2.45) is 0 Å². The van der Waals surface area contributed by atoms with E-state index in [4.69, 9.17) is 16.0 Å². The first-order chi connectivity index (χ1) is 14.4. The zero-order chi connectivity index (χ0) is 21.3. The molecule has 2 amide bonds. The molecule has 0 unspecified atom stereocenters. The average molecular weight is 454 g/mol. The number of benzene rings is 1. The molecule has 0 radical (unpaired) electrons. The van der Waals surface area contributed by atoms with Crippen LogP contribution in [0.4, 0.5) is 10.5 Å². The molecule has 2 aliphatic rings. The number of rotatable bonds is 4. The maximum Gasteiger partial charge on any atom is 0.319 e. The van der Waals surface area contributed by atoms with Crippen molar-refractivity contribution in [2.75, 3.05) is 18.4 Å². The molecule has 4 rings (SSSR count). The van der Waals surface area contributed by atoms with Crippen LogP contribution >= 0.6 is 11.6 Å². The summed E-state index contributed by atoms with van der Waals surface area (Å²) in [5.41, 5.74) is 1.05. The first-order valence-electron chi connectivity index (χ1n) is 9.98. The Hall–Kier alpha value is -2.23. The number of furan rings is 1. The van der Waals surface area contributed by atoms with Gasteiger partial charge in [-0.2, -0.15) is 0 Å². The Bertz CT molecular complexity index is 1050. The van der Waals surface area contributed by atoms with Crippen LogP contribution in [0.1, 0.15) is 43.0 Å². The molecule has 0 spiro atoms. The summed E-state index contributed by atoms with van der Waals surface area (Å²) in [6.45, 7) is 1.16. The highest BCUT2D eigenvalue weighted by Gasteiger charge is 2.34. The lowest BCUT2D eigenvalue weighted by Crippen LogP contribution is -2.36. The van der Waals surface area contributed by atoms with Crippen LogP contribution in [-0.2, 0) is 16.3 Å². The van der Waals surface area contributed by atoms with Crippen LogP contribution in [0, 0.1) is 0 Å². The van der Waals surface area contributed by atoms with Gasteiger partial charge in [0.15, 0.2) is 15.6 Å². The lowest BCUT2D eigenvalue weighted by molar-refractivity contribution is 0.244. The van der Waals surface area contributed by atoms with E-state index in [9.17, 15) is 18.3 Å². The molecule has 1 fully saturated rings. The number of aryl methyl sites for hydroxylation is 1. The van der Waals surface area contributed by atoms with Gasteiger partial charge in [0.25, 0.3) is 0 Å². The third kappa shape index (κ3) is 4.01. The van der Waals surface area contributed by atoms with Gasteiger partial charge in [0.2, 0.25) is 0 Å². The number of phenolic OH excluding ortho intramolecular Hbond substituents is 1. The largest absolute Gasteiger partial charge is 0.504 e. The lowest BCUT2D eigenvalue weighted by Gasteiger charge is -2.24. The van der Waals surface area contributed by atoms with Gasteiger partial charge < -0.3 is 25.5 Å². The third-order valence-electron chi connectivity index (χ3n) is 5.68. The molecule has 1 aromatic heterocycles. The number of urea groups is 1. The van der Waals surface area contributed by atoms with E-state index in [2.05, 4.69) is 16.0 Å². The van der Waals surface area contributed by atoms with Crippen molar-refractivity contribution in [1.29, 1.82) is 0 Å². The summed E-state index contributed by atoms with van der Waals surface area (Å²) in [4.78, 5) is 12.2. The molecular formula is C20H24ClN3O5S. The number of fused-ring (bicyclic) bond motifs is 1. The molecule has 8 nitrogen and oxygen atoms in total. The fourth-order valence-electron chi connectivity index (χ4n) is 4.13. The Morgan fingerprint density at radius 3 is 2.73 bits per heavy atom.